The lowest BCUT2D eigenvalue weighted by molar-refractivity contribution is -0.00865. The van der Waals surface area contributed by atoms with Gasteiger partial charge in [-0.3, -0.25) is 0 Å². The summed E-state index contributed by atoms with van der Waals surface area (Å²) in [7, 11) is 0. The fourth-order valence-electron chi connectivity index (χ4n) is 1.16. The number of aliphatic hydroxyl groups excluding tert-OH is 4. The molecule has 1 aliphatic rings. The standard InChI is InChI=1S/C6H12O2.C3H8O2/c7-5-3-1-2-4-6(5)8;4-2-1-3-5/h5-8H,1-4H2;4-5H,1-3H2. The van der Waals surface area contributed by atoms with Crippen molar-refractivity contribution in [1.29, 1.82) is 0 Å². The average molecular weight is 192 g/mol. The van der Waals surface area contributed by atoms with E-state index in [4.69, 9.17) is 20.4 Å². The van der Waals surface area contributed by atoms with Gasteiger partial charge >= 0.3 is 0 Å². The Morgan fingerprint density at radius 2 is 1.23 bits per heavy atom. The minimum absolute atomic E-state index is 0.0938. The predicted octanol–water partition coefficient (Wildman–Crippen LogP) is -0.357. The molecule has 1 aliphatic carbocycles. The maximum absolute atomic E-state index is 8.93. The van der Waals surface area contributed by atoms with Crippen LogP contribution in [0.25, 0.3) is 0 Å². The van der Waals surface area contributed by atoms with Gasteiger partial charge in [-0.2, -0.15) is 0 Å². The van der Waals surface area contributed by atoms with Crippen LogP contribution in [0, 0.1) is 0 Å². The number of rotatable bonds is 2. The van der Waals surface area contributed by atoms with Gasteiger partial charge < -0.3 is 20.4 Å². The summed E-state index contributed by atoms with van der Waals surface area (Å²) in [5, 5.41) is 33.7. The highest BCUT2D eigenvalue weighted by atomic mass is 16.3. The topological polar surface area (TPSA) is 80.9 Å². The van der Waals surface area contributed by atoms with E-state index in [9.17, 15) is 0 Å². The van der Waals surface area contributed by atoms with Gasteiger partial charge in [-0.1, -0.05) is 12.8 Å². The Morgan fingerprint density at radius 1 is 0.846 bits per heavy atom. The van der Waals surface area contributed by atoms with Crippen LogP contribution >= 0.6 is 0 Å². The maximum Gasteiger partial charge on any atom is 0.0799 e. The summed E-state index contributed by atoms with van der Waals surface area (Å²) >= 11 is 0. The van der Waals surface area contributed by atoms with Gasteiger partial charge in [-0.25, -0.2) is 0 Å². The molecule has 13 heavy (non-hydrogen) atoms. The molecule has 0 spiro atoms. The van der Waals surface area contributed by atoms with E-state index in [2.05, 4.69) is 0 Å². The zero-order valence-corrected chi connectivity index (χ0v) is 7.89. The quantitative estimate of drug-likeness (QED) is 0.482. The molecule has 0 aromatic rings. The van der Waals surface area contributed by atoms with E-state index in [1.54, 1.807) is 0 Å². The van der Waals surface area contributed by atoms with Crippen LogP contribution in [-0.2, 0) is 0 Å². The minimum atomic E-state index is -0.441. The Kier molecular flexibility index (Phi) is 8.33. The summed E-state index contributed by atoms with van der Waals surface area (Å²) in [6.07, 6.45) is 3.31. The third-order valence-electron chi connectivity index (χ3n) is 2.01. The Hall–Kier alpha value is -0.160. The highest BCUT2D eigenvalue weighted by Gasteiger charge is 2.19. The van der Waals surface area contributed by atoms with E-state index >= 15 is 0 Å². The van der Waals surface area contributed by atoms with Gasteiger partial charge in [-0.15, -0.1) is 0 Å². The molecule has 2 unspecified atom stereocenters. The van der Waals surface area contributed by atoms with Crippen LogP contribution in [-0.4, -0.2) is 45.8 Å². The third kappa shape index (κ3) is 6.95. The first-order valence-electron chi connectivity index (χ1n) is 4.80. The van der Waals surface area contributed by atoms with Crippen LogP contribution in [0.4, 0.5) is 0 Å². The second-order valence-corrected chi connectivity index (χ2v) is 3.22. The molecule has 0 heterocycles. The highest BCUT2D eigenvalue weighted by Crippen LogP contribution is 2.17. The molecule has 4 nitrogen and oxygen atoms in total. The summed E-state index contributed by atoms with van der Waals surface area (Å²) in [4.78, 5) is 0. The lowest BCUT2D eigenvalue weighted by atomic mass is 9.95. The molecule has 4 N–H and O–H groups in total. The average Bonchev–Trinajstić information content (AvgIpc) is 2.13. The molecule has 1 saturated carbocycles. The summed E-state index contributed by atoms with van der Waals surface area (Å²) in [5.74, 6) is 0. The van der Waals surface area contributed by atoms with Crippen molar-refractivity contribution in [3.8, 4) is 0 Å². The Morgan fingerprint density at radius 3 is 1.38 bits per heavy atom. The Bertz CT molecular complexity index is 95.8. The third-order valence-corrected chi connectivity index (χ3v) is 2.01. The SMILES string of the molecule is OC1CCCCC1O.OCCCO. The minimum Gasteiger partial charge on any atom is -0.396 e. The summed E-state index contributed by atoms with van der Waals surface area (Å²) in [6.45, 7) is 0.188. The van der Waals surface area contributed by atoms with E-state index in [0.29, 0.717) is 6.42 Å². The molecule has 0 bridgehead atoms. The molecular weight excluding hydrogens is 172 g/mol. The zero-order chi connectivity index (χ0) is 10.1. The molecule has 0 radical (unpaired) electrons. The van der Waals surface area contributed by atoms with E-state index < -0.39 is 12.2 Å². The van der Waals surface area contributed by atoms with Crippen molar-refractivity contribution in [2.24, 2.45) is 0 Å². The zero-order valence-electron chi connectivity index (χ0n) is 7.89. The van der Waals surface area contributed by atoms with Gasteiger partial charge in [0.2, 0.25) is 0 Å². The van der Waals surface area contributed by atoms with Crippen molar-refractivity contribution in [3.63, 3.8) is 0 Å². The van der Waals surface area contributed by atoms with Crippen molar-refractivity contribution >= 4 is 0 Å². The molecule has 0 aliphatic heterocycles. The Balaban J connectivity index is 0.000000252. The molecule has 1 fully saturated rings. The van der Waals surface area contributed by atoms with E-state index in [1.807, 2.05) is 0 Å². The maximum atomic E-state index is 8.93. The monoisotopic (exact) mass is 192 g/mol. The molecule has 80 valence electrons. The van der Waals surface area contributed by atoms with Gasteiger partial charge in [0.15, 0.2) is 0 Å². The van der Waals surface area contributed by atoms with Crippen LogP contribution in [0.1, 0.15) is 32.1 Å². The van der Waals surface area contributed by atoms with Crippen LogP contribution in [0.3, 0.4) is 0 Å². The first-order valence-corrected chi connectivity index (χ1v) is 4.80. The molecule has 1 rings (SSSR count). The smallest absolute Gasteiger partial charge is 0.0799 e. The number of hydrogen-bond donors (Lipinski definition) is 4. The van der Waals surface area contributed by atoms with Gasteiger partial charge in [0, 0.05) is 13.2 Å². The van der Waals surface area contributed by atoms with Crippen molar-refractivity contribution < 1.29 is 20.4 Å². The van der Waals surface area contributed by atoms with E-state index in [-0.39, 0.29) is 13.2 Å². The van der Waals surface area contributed by atoms with Crippen LogP contribution in [0.2, 0.25) is 0 Å². The second kappa shape index (κ2) is 8.44. The Labute approximate surface area is 78.8 Å². The van der Waals surface area contributed by atoms with E-state index in [1.165, 1.54) is 0 Å². The van der Waals surface area contributed by atoms with Crippen molar-refractivity contribution in [1.82, 2.24) is 0 Å². The largest absolute Gasteiger partial charge is 0.396 e. The lowest BCUT2D eigenvalue weighted by Gasteiger charge is -2.22. The van der Waals surface area contributed by atoms with Crippen molar-refractivity contribution in [2.45, 2.75) is 44.3 Å². The summed E-state index contributed by atoms with van der Waals surface area (Å²) in [5.41, 5.74) is 0. The first-order chi connectivity index (χ1) is 6.22. The predicted molar refractivity (Wildman–Crippen MR) is 49.3 cm³/mol. The highest BCUT2D eigenvalue weighted by molar-refractivity contribution is 4.72. The van der Waals surface area contributed by atoms with Gasteiger partial charge in [-0.05, 0) is 19.3 Å². The number of aliphatic hydroxyl groups is 4. The second-order valence-electron chi connectivity index (χ2n) is 3.22. The normalized spacial score (nSPS) is 27.7. The van der Waals surface area contributed by atoms with Gasteiger partial charge in [0.25, 0.3) is 0 Å². The van der Waals surface area contributed by atoms with Crippen LogP contribution in [0.15, 0.2) is 0 Å². The number of hydrogen-bond acceptors (Lipinski definition) is 4. The molecule has 0 aromatic heterocycles. The molecule has 4 heteroatoms. The van der Waals surface area contributed by atoms with Gasteiger partial charge in [0.05, 0.1) is 12.2 Å². The van der Waals surface area contributed by atoms with Gasteiger partial charge in [0.1, 0.15) is 0 Å². The van der Waals surface area contributed by atoms with Crippen LogP contribution < -0.4 is 0 Å². The fourth-order valence-corrected chi connectivity index (χ4v) is 1.16. The summed E-state index contributed by atoms with van der Waals surface area (Å²) in [6, 6.07) is 0. The molecule has 0 amide bonds. The van der Waals surface area contributed by atoms with Crippen LogP contribution in [0.5, 0.6) is 0 Å². The molecule has 0 aromatic carbocycles. The molecule has 0 saturated heterocycles. The van der Waals surface area contributed by atoms with E-state index in [0.717, 1.165) is 25.7 Å². The molecular formula is C9H20O4. The fraction of sp³-hybridized carbons (Fsp3) is 1.00. The summed E-state index contributed by atoms with van der Waals surface area (Å²) < 4.78 is 0. The molecule has 2 atom stereocenters. The van der Waals surface area contributed by atoms with Crippen molar-refractivity contribution in [2.75, 3.05) is 13.2 Å². The first kappa shape index (κ1) is 12.8. The lowest BCUT2D eigenvalue weighted by Crippen LogP contribution is -2.28. The van der Waals surface area contributed by atoms with Crippen molar-refractivity contribution in [3.05, 3.63) is 0 Å².